The number of benzene rings is 4. The molecule has 0 bridgehead atoms. The first-order valence-electron chi connectivity index (χ1n) is 14.1. The SMILES string of the molecule is CCOC(=O)c1ccc(-c2ccc(OCc3ccc(OC4CCN(C(=O)c5ccc(C)cc5)CC4)cc3)cc2)cc1. The van der Waals surface area contributed by atoms with Gasteiger partial charge in [0.15, 0.2) is 0 Å². The number of aryl methyl sites for hydroxylation is 1. The Morgan fingerprint density at radius 3 is 1.90 bits per heavy atom. The smallest absolute Gasteiger partial charge is 0.338 e. The van der Waals surface area contributed by atoms with Gasteiger partial charge in [-0.15, -0.1) is 0 Å². The van der Waals surface area contributed by atoms with Crippen molar-refractivity contribution in [1.82, 2.24) is 4.90 Å². The molecule has 5 rings (SSSR count). The number of likely N-dealkylation sites (tertiary alicyclic amines) is 1. The lowest BCUT2D eigenvalue weighted by atomic mass is 10.0. The molecule has 1 saturated heterocycles. The number of hydrogen-bond acceptors (Lipinski definition) is 5. The molecule has 6 nitrogen and oxygen atoms in total. The zero-order chi connectivity index (χ0) is 28.6. The van der Waals surface area contributed by atoms with Crippen LogP contribution in [0.15, 0.2) is 97.1 Å². The molecule has 210 valence electrons. The van der Waals surface area contributed by atoms with Crippen LogP contribution >= 0.6 is 0 Å². The summed E-state index contributed by atoms with van der Waals surface area (Å²) in [7, 11) is 0. The second kappa shape index (κ2) is 13.2. The van der Waals surface area contributed by atoms with Crippen molar-refractivity contribution in [2.24, 2.45) is 0 Å². The van der Waals surface area contributed by atoms with Gasteiger partial charge < -0.3 is 19.1 Å². The van der Waals surface area contributed by atoms with Gasteiger partial charge in [-0.2, -0.15) is 0 Å². The van der Waals surface area contributed by atoms with Gasteiger partial charge in [-0.3, -0.25) is 4.79 Å². The van der Waals surface area contributed by atoms with Crippen molar-refractivity contribution in [1.29, 1.82) is 0 Å². The van der Waals surface area contributed by atoms with Gasteiger partial charge in [0.05, 0.1) is 12.2 Å². The fourth-order valence-corrected chi connectivity index (χ4v) is 4.84. The summed E-state index contributed by atoms with van der Waals surface area (Å²) in [6.07, 6.45) is 1.72. The van der Waals surface area contributed by atoms with E-state index in [9.17, 15) is 9.59 Å². The molecule has 1 aliphatic heterocycles. The van der Waals surface area contributed by atoms with Crippen molar-refractivity contribution in [2.75, 3.05) is 19.7 Å². The molecule has 0 atom stereocenters. The van der Waals surface area contributed by atoms with Crippen molar-refractivity contribution >= 4 is 11.9 Å². The summed E-state index contributed by atoms with van der Waals surface area (Å²) in [5.41, 5.74) is 5.55. The highest BCUT2D eigenvalue weighted by atomic mass is 16.5. The second-order valence-corrected chi connectivity index (χ2v) is 10.2. The van der Waals surface area contributed by atoms with E-state index in [1.54, 1.807) is 19.1 Å². The van der Waals surface area contributed by atoms with E-state index in [2.05, 4.69) is 0 Å². The van der Waals surface area contributed by atoms with Gasteiger partial charge in [-0.25, -0.2) is 4.79 Å². The zero-order valence-corrected chi connectivity index (χ0v) is 23.5. The molecule has 1 heterocycles. The highest BCUT2D eigenvalue weighted by Crippen LogP contribution is 2.25. The summed E-state index contributed by atoms with van der Waals surface area (Å²) < 4.78 is 17.2. The van der Waals surface area contributed by atoms with Gasteiger partial charge in [0.2, 0.25) is 0 Å². The lowest BCUT2D eigenvalue weighted by Gasteiger charge is -2.32. The predicted octanol–water partition coefficient (Wildman–Crippen LogP) is 7.10. The van der Waals surface area contributed by atoms with Gasteiger partial charge in [-0.1, -0.05) is 54.1 Å². The number of esters is 1. The zero-order valence-electron chi connectivity index (χ0n) is 23.5. The summed E-state index contributed by atoms with van der Waals surface area (Å²) in [5, 5.41) is 0. The summed E-state index contributed by atoms with van der Waals surface area (Å²) in [6.45, 7) is 6.02. The molecule has 0 aliphatic carbocycles. The van der Waals surface area contributed by atoms with Crippen LogP contribution in [-0.2, 0) is 11.3 Å². The Balaban J connectivity index is 1.07. The molecule has 41 heavy (non-hydrogen) atoms. The van der Waals surface area contributed by atoms with E-state index in [4.69, 9.17) is 14.2 Å². The number of rotatable bonds is 9. The first-order chi connectivity index (χ1) is 20.0. The summed E-state index contributed by atoms with van der Waals surface area (Å²) >= 11 is 0. The van der Waals surface area contributed by atoms with E-state index >= 15 is 0 Å². The van der Waals surface area contributed by atoms with Crippen molar-refractivity contribution in [3.05, 3.63) is 119 Å². The van der Waals surface area contributed by atoms with E-state index in [1.807, 2.05) is 96.8 Å². The molecule has 1 aliphatic rings. The second-order valence-electron chi connectivity index (χ2n) is 10.2. The Labute approximate surface area is 241 Å². The number of carbonyl (C=O) groups excluding carboxylic acids is 2. The minimum atomic E-state index is -0.310. The predicted molar refractivity (Wildman–Crippen MR) is 159 cm³/mol. The van der Waals surface area contributed by atoms with Crippen LogP contribution < -0.4 is 9.47 Å². The van der Waals surface area contributed by atoms with E-state index in [1.165, 1.54) is 0 Å². The maximum absolute atomic E-state index is 12.8. The molecule has 0 radical (unpaired) electrons. The van der Waals surface area contributed by atoms with Gasteiger partial charge in [0.25, 0.3) is 5.91 Å². The van der Waals surface area contributed by atoms with Crippen LogP contribution in [0.1, 0.15) is 51.6 Å². The van der Waals surface area contributed by atoms with Crippen molar-refractivity contribution < 1.29 is 23.8 Å². The Kier molecular flexibility index (Phi) is 8.99. The Morgan fingerprint density at radius 1 is 0.732 bits per heavy atom. The van der Waals surface area contributed by atoms with Crippen molar-refractivity contribution in [2.45, 2.75) is 39.4 Å². The Morgan fingerprint density at radius 2 is 1.29 bits per heavy atom. The monoisotopic (exact) mass is 549 g/mol. The molecule has 1 amide bonds. The van der Waals surface area contributed by atoms with Gasteiger partial charge >= 0.3 is 5.97 Å². The molecule has 0 saturated carbocycles. The quantitative estimate of drug-likeness (QED) is 0.208. The summed E-state index contributed by atoms with van der Waals surface area (Å²) in [4.78, 5) is 26.5. The maximum atomic E-state index is 12.8. The first kappa shape index (κ1) is 28.0. The average molecular weight is 550 g/mol. The van der Waals surface area contributed by atoms with Gasteiger partial charge in [-0.05, 0) is 79.1 Å². The highest BCUT2D eigenvalue weighted by molar-refractivity contribution is 5.94. The van der Waals surface area contributed by atoms with E-state index < -0.39 is 0 Å². The molecule has 4 aromatic rings. The maximum Gasteiger partial charge on any atom is 0.338 e. The van der Waals surface area contributed by atoms with Crippen molar-refractivity contribution in [3.8, 4) is 22.6 Å². The standard InChI is InChI=1S/C35H35NO5/c1-3-39-35(38)30-12-10-27(11-13-30)28-14-18-31(19-15-28)40-24-26-6-16-32(17-7-26)41-33-20-22-36(23-21-33)34(37)29-8-4-25(2)5-9-29/h4-19,33H,3,20-24H2,1-2H3. The number of piperidine rings is 1. The number of hydrogen-bond donors (Lipinski definition) is 0. The van der Waals surface area contributed by atoms with Crippen LogP contribution in [0.5, 0.6) is 11.5 Å². The van der Waals surface area contributed by atoms with Gasteiger partial charge in [0.1, 0.15) is 24.2 Å². The topological polar surface area (TPSA) is 65.1 Å². The molecular weight excluding hydrogens is 514 g/mol. The lowest BCUT2D eigenvalue weighted by molar-refractivity contribution is 0.0525. The van der Waals surface area contributed by atoms with Gasteiger partial charge in [0, 0.05) is 31.5 Å². The normalized spacial score (nSPS) is 13.5. The minimum absolute atomic E-state index is 0.0899. The van der Waals surface area contributed by atoms with E-state index in [0.717, 1.165) is 52.2 Å². The highest BCUT2D eigenvalue weighted by Gasteiger charge is 2.24. The molecule has 1 fully saturated rings. The van der Waals surface area contributed by atoms with Crippen molar-refractivity contribution in [3.63, 3.8) is 0 Å². The molecule has 0 N–H and O–H groups in total. The van der Waals surface area contributed by atoms with E-state index in [-0.39, 0.29) is 18.0 Å². The first-order valence-corrected chi connectivity index (χ1v) is 14.1. The largest absolute Gasteiger partial charge is 0.490 e. The molecule has 0 spiro atoms. The van der Waals surface area contributed by atoms with E-state index in [0.29, 0.717) is 31.9 Å². The number of nitrogens with zero attached hydrogens (tertiary/aromatic N) is 1. The minimum Gasteiger partial charge on any atom is -0.490 e. The molecule has 4 aromatic carbocycles. The third kappa shape index (κ3) is 7.34. The average Bonchev–Trinajstić information content (AvgIpc) is 3.02. The molecule has 0 aromatic heterocycles. The van der Waals surface area contributed by atoms with Crippen LogP contribution in [0.2, 0.25) is 0 Å². The fraction of sp³-hybridized carbons (Fsp3) is 0.257. The number of ether oxygens (including phenoxy) is 3. The number of amides is 1. The Hall–Kier alpha value is -4.58. The third-order valence-corrected chi connectivity index (χ3v) is 7.24. The molecule has 0 unspecified atom stereocenters. The summed E-state index contributed by atoms with van der Waals surface area (Å²) in [6, 6.07) is 31.0. The number of carbonyl (C=O) groups is 2. The fourth-order valence-electron chi connectivity index (χ4n) is 4.84. The molecular formula is C35H35NO5. The molecule has 6 heteroatoms. The van der Waals surface area contributed by atoms with Crippen LogP contribution in [0.25, 0.3) is 11.1 Å². The van der Waals surface area contributed by atoms with Crippen LogP contribution in [0.3, 0.4) is 0 Å². The Bertz CT molecular complexity index is 1440. The van der Waals surface area contributed by atoms with Crippen LogP contribution in [-0.4, -0.2) is 42.6 Å². The van der Waals surface area contributed by atoms with Crippen LogP contribution in [0, 0.1) is 6.92 Å². The third-order valence-electron chi connectivity index (χ3n) is 7.24. The summed E-state index contributed by atoms with van der Waals surface area (Å²) in [5.74, 6) is 1.39. The lowest BCUT2D eigenvalue weighted by Crippen LogP contribution is -2.41. The van der Waals surface area contributed by atoms with Crippen LogP contribution in [0.4, 0.5) is 0 Å².